The minimum Gasteiger partial charge on any atom is -0.478 e. The molecule has 0 fully saturated rings. The highest BCUT2D eigenvalue weighted by Gasteiger charge is 2.48. The molecule has 4 heteroatoms. The largest absolute Gasteiger partial charge is 0.478 e. The van der Waals surface area contributed by atoms with Gasteiger partial charge in [-0.2, -0.15) is 0 Å². The number of allylic oxidation sites excluding steroid dienone is 4. The molecule has 0 saturated carbocycles. The summed E-state index contributed by atoms with van der Waals surface area (Å²) in [6.07, 6.45) is 11.0. The number of hydrogen-bond donors (Lipinski definition) is 1. The Balaban J connectivity index is 1.59. The van der Waals surface area contributed by atoms with Crippen LogP contribution in [-0.4, -0.2) is 17.6 Å². The van der Waals surface area contributed by atoms with Crippen LogP contribution in [-0.2, 0) is 0 Å². The summed E-state index contributed by atoms with van der Waals surface area (Å²) in [5.74, 6) is 0.228. The third-order valence-corrected chi connectivity index (χ3v) is 7.31. The van der Waals surface area contributed by atoms with Gasteiger partial charge in [-0.15, -0.1) is 0 Å². The van der Waals surface area contributed by atoms with Gasteiger partial charge in [-0.1, -0.05) is 36.4 Å². The molecule has 2 aromatic rings. The smallest absolute Gasteiger partial charge is 0.335 e. The number of aromatic carboxylic acids is 1. The van der Waals surface area contributed by atoms with Gasteiger partial charge < -0.3 is 10.0 Å². The molecule has 0 unspecified atom stereocenters. The van der Waals surface area contributed by atoms with Gasteiger partial charge in [-0.05, 0) is 65.6 Å². The first-order valence-corrected chi connectivity index (χ1v) is 10.4. The number of nitrogens with zero attached hydrogens (tertiary/aromatic N) is 1. The first-order valence-electron chi connectivity index (χ1n) is 10.4. The van der Waals surface area contributed by atoms with Crippen molar-refractivity contribution in [2.24, 2.45) is 11.8 Å². The molecule has 2 heterocycles. The zero-order chi connectivity index (χ0) is 19.7. The number of carboxylic acids is 1. The van der Waals surface area contributed by atoms with E-state index < -0.39 is 5.97 Å². The summed E-state index contributed by atoms with van der Waals surface area (Å²) >= 11 is 0. The summed E-state index contributed by atoms with van der Waals surface area (Å²) in [7, 11) is 0. The van der Waals surface area contributed by atoms with Gasteiger partial charge in [-0.25, -0.2) is 9.18 Å². The van der Waals surface area contributed by atoms with E-state index >= 15 is 0 Å². The van der Waals surface area contributed by atoms with Gasteiger partial charge in [0.1, 0.15) is 5.82 Å². The quantitative estimate of drug-likeness (QED) is 0.700. The second-order valence-corrected chi connectivity index (χ2v) is 8.76. The van der Waals surface area contributed by atoms with E-state index in [0.717, 1.165) is 36.1 Å². The minimum atomic E-state index is -0.862. The van der Waals surface area contributed by atoms with Crippen LogP contribution in [0.5, 0.6) is 0 Å². The van der Waals surface area contributed by atoms with Crippen molar-refractivity contribution < 1.29 is 14.3 Å². The molecule has 146 valence electrons. The predicted molar refractivity (Wildman–Crippen MR) is 110 cm³/mol. The molecule has 0 radical (unpaired) electrons. The standard InChI is InChI=1S/C25H22FNO2/c26-17-9-7-14(8-10-17)23-20-6-2-5-19(20)22-12-16(25(28)29)11-21-18-4-1-3-15(18)13-27(23)24(21)22/h1-2,4-5,7-12,15,18-20,23H,3,6,13H2,(H,28,29)/t15-,18+,19+,20+,23-/m1/s1. The SMILES string of the molecule is O=C(O)c1cc2c3c(c1)[C@H]1C=CC[C@@H]1[C@@H](c1ccc(F)cc1)N3C[C@H]1CC=C[C@H]21. The minimum absolute atomic E-state index is 0.180. The van der Waals surface area contributed by atoms with Gasteiger partial charge in [-0.3, -0.25) is 0 Å². The number of carboxylic acid groups (broad SMARTS) is 1. The second kappa shape index (κ2) is 6.06. The van der Waals surface area contributed by atoms with Crippen LogP contribution in [0.25, 0.3) is 0 Å². The van der Waals surface area contributed by atoms with Crippen molar-refractivity contribution in [2.45, 2.75) is 30.7 Å². The Morgan fingerprint density at radius 2 is 1.69 bits per heavy atom. The predicted octanol–water partition coefficient (Wildman–Crippen LogP) is 5.42. The van der Waals surface area contributed by atoms with Crippen molar-refractivity contribution in [3.05, 3.63) is 88.8 Å². The molecule has 0 saturated heterocycles. The maximum absolute atomic E-state index is 13.6. The first kappa shape index (κ1) is 17.0. The lowest BCUT2D eigenvalue weighted by atomic mass is 9.70. The van der Waals surface area contributed by atoms with Gasteiger partial charge in [0, 0.05) is 24.1 Å². The zero-order valence-corrected chi connectivity index (χ0v) is 16.0. The van der Waals surface area contributed by atoms with Crippen molar-refractivity contribution in [3.8, 4) is 0 Å². The number of benzene rings is 2. The van der Waals surface area contributed by atoms with Crippen LogP contribution < -0.4 is 4.90 Å². The highest BCUT2D eigenvalue weighted by atomic mass is 19.1. The molecule has 3 nitrogen and oxygen atoms in total. The van der Waals surface area contributed by atoms with Gasteiger partial charge in [0.15, 0.2) is 0 Å². The monoisotopic (exact) mass is 387 g/mol. The second-order valence-electron chi connectivity index (χ2n) is 8.76. The van der Waals surface area contributed by atoms with E-state index in [0.29, 0.717) is 17.4 Å². The molecular weight excluding hydrogens is 365 g/mol. The van der Waals surface area contributed by atoms with Crippen LogP contribution >= 0.6 is 0 Å². The lowest BCUT2D eigenvalue weighted by Crippen LogP contribution is -2.46. The van der Waals surface area contributed by atoms with Crippen LogP contribution in [0.1, 0.15) is 57.8 Å². The van der Waals surface area contributed by atoms with E-state index in [2.05, 4.69) is 29.2 Å². The van der Waals surface area contributed by atoms with Crippen LogP contribution in [0, 0.1) is 17.7 Å². The fourth-order valence-corrected chi connectivity index (χ4v) is 6.14. The number of fused-ring (bicyclic) bond motifs is 4. The van der Waals surface area contributed by atoms with Crippen molar-refractivity contribution in [2.75, 3.05) is 11.4 Å². The molecule has 29 heavy (non-hydrogen) atoms. The summed E-state index contributed by atoms with van der Waals surface area (Å²) in [6, 6.07) is 10.9. The molecule has 5 atom stereocenters. The Morgan fingerprint density at radius 3 is 2.45 bits per heavy atom. The molecule has 2 aliphatic carbocycles. The zero-order valence-electron chi connectivity index (χ0n) is 16.0. The molecule has 1 N–H and O–H groups in total. The van der Waals surface area contributed by atoms with Crippen molar-refractivity contribution in [3.63, 3.8) is 0 Å². The van der Waals surface area contributed by atoms with E-state index in [-0.39, 0.29) is 23.7 Å². The van der Waals surface area contributed by atoms with E-state index in [4.69, 9.17) is 0 Å². The molecule has 2 aliphatic heterocycles. The van der Waals surface area contributed by atoms with E-state index in [1.54, 1.807) is 12.1 Å². The lowest BCUT2D eigenvalue weighted by Gasteiger charge is -2.51. The Morgan fingerprint density at radius 1 is 1.00 bits per heavy atom. The van der Waals surface area contributed by atoms with Crippen LogP contribution in [0.3, 0.4) is 0 Å². The van der Waals surface area contributed by atoms with Crippen LogP contribution in [0.15, 0.2) is 60.7 Å². The average Bonchev–Trinajstić information content (AvgIpc) is 3.38. The summed E-state index contributed by atoms with van der Waals surface area (Å²) < 4.78 is 13.6. The van der Waals surface area contributed by atoms with Crippen LogP contribution in [0.2, 0.25) is 0 Å². The Kier molecular flexibility index (Phi) is 3.55. The molecule has 0 aromatic heterocycles. The third-order valence-electron chi connectivity index (χ3n) is 7.31. The van der Waals surface area contributed by atoms with Crippen molar-refractivity contribution >= 4 is 11.7 Å². The summed E-state index contributed by atoms with van der Waals surface area (Å²) in [6.45, 7) is 0.954. The van der Waals surface area contributed by atoms with Crippen molar-refractivity contribution in [1.29, 1.82) is 0 Å². The Labute approximate surface area is 169 Å². The molecule has 0 bridgehead atoms. The lowest BCUT2D eigenvalue weighted by molar-refractivity contribution is 0.0696. The van der Waals surface area contributed by atoms with Gasteiger partial charge >= 0.3 is 5.97 Å². The highest BCUT2D eigenvalue weighted by molar-refractivity contribution is 5.90. The number of halogens is 1. The fourth-order valence-electron chi connectivity index (χ4n) is 6.14. The summed E-state index contributed by atoms with van der Waals surface area (Å²) in [5.41, 5.74) is 5.05. The van der Waals surface area contributed by atoms with Crippen LogP contribution in [0.4, 0.5) is 10.1 Å². The average molecular weight is 387 g/mol. The first-order chi connectivity index (χ1) is 14.1. The topological polar surface area (TPSA) is 40.5 Å². The van der Waals surface area contributed by atoms with E-state index in [1.807, 2.05) is 24.3 Å². The number of rotatable bonds is 2. The van der Waals surface area contributed by atoms with E-state index in [1.165, 1.54) is 5.69 Å². The third kappa shape index (κ3) is 2.38. The van der Waals surface area contributed by atoms with Crippen molar-refractivity contribution in [1.82, 2.24) is 0 Å². The molecule has 2 aromatic carbocycles. The van der Waals surface area contributed by atoms with Gasteiger partial charge in [0.2, 0.25) is 0 Å². The molecule has 6 rings (SSSR count). The normalized spacial score (nSPS) is 30.8. The maximum Gasteiger partial charge on any atom is 0.335 e. The van der Waals surface area contributed by atoms with Gasteiger partial charge in [0.25, 0.3) is 0 Å². The molecular formula is C25H22FNO2. The number of anilines is 1. The molecule has 0 spiro atoms. The fraction of sp³-hybridized carbons (Fsp3) is 0.320. The Hall–Kier alpha value is -2.88. The maximum atomic E-state index is 13.6. The highest BCUT2D eigenvalue weighted by Crippen LogP contribution is 2.58. The summed E-state index contributed by atoms with van der Waals surface area (Å²) in [4.78, 5) is 14.4. The molecule has 0 amide bonds. The van der Waals surface area contributed by atoms with E-state index in [9.17, 15) is 14.3 Å². The number of carbonyl (C=O) groups is 1. The van der Waals surface area contributed by atoms with Gasteiger partial charge in [0.05, 0.1) is 11.6 Å². The number of hydrogen-bond acceptors (Lipinski definition) is 2. The Bertz CT molecular complexity index is 1050. The summed E-state index contributed by atoms with van der Waals surface area (Å²) in [5, 5.41) is 9.74. The molecule has 4 aliphatic rings.